The van der Waals surface area contributed by atoms with Gasteiger partial charge in [-0.2, -0.15) is 0 Å². The first-order chi connectivity index (χ1) is 8.11. The third kappa shape index (κ3) is 2.36. The second kappa shape index (κ2) is 4.67. The molecule has 2 rings (SSSR count). The minimum absolute atomic E-state index is 0.705. The highest BCUT2D eigenvalue weighted by Gasteiger charge is 2.08. The fourth-order valence-corrected chi connectivity index (χ4v) is 2.43. The van der Waals surface area contributed by atoms with E-state index in [1.807, 2.05) is 50.2 Å². The largest absolute Gasteiger partial charge is 0.378 e. The zero-order chi connectivity index (χ0) is 12.4. The maximum absolute atomic E-state index is 10.8. The van der Waals surface area contributed by atoms with Crippen molar-refractivity contribution in [2.45, 2.75) is 6.92 Å². The van der Waals surface area contributed by atoms with Crippen LogP contribution in [0.2, 0.25) is 0 Å². The fourth-order valence-electron chi connectivity index (χ4n) is 1.54. The molecule has 0 atom stereocenters. The van der Waals surface area contributed by atoms with E-state index in [2.05, 4.69) is 4.98 Å². The fraction of sp³-hybridized carbons (Fsp3) is 0.231. The topological polar surface area (TPSA) is 33.2 Å². The molecule has 88 valence electrons. The number of anilines is 1. The maximum Gasteiger partial charge on any atom is 0.161 e. The number of carbonyl (C=O) groups is 1. The lowest BCUT2D eigenvalue weighted by atomic mass is 10.2. The average molecular weight is 246 g/mol. The van der Waals surface area contributed by atoms with Crippen LogP contribution in [0.5, 0.6) is 0 Å². The molecular weight excluding hydrogens is 232 g/mol. The number of aldehydes is 1. The van der Waals surface area contributed by atoms with Gasteiger partial charge in [0.25, 0.3) is 0 Å². The van der Waals surface area contributed by atoms with E-state index in [9.17, 15) is 4.79 Å². The lowest BCUT2D eigenvalue weighted by Crippen LogP contribution is -2.07. The Morgan fingerprint density at radius 1 is 1.24 bits per heavy atom. The number of nitrogens with zero attached hydrogens (tertiary/aromatic N) is 2. The molecule has 0 fully saturated rings. The molecule has 4 heteroatoms. The Hall–Kier alpha value is -1.68. The summed E-state index contributed by atoms with van der Waals surface area (Å²) in [6.07, 6.45) is 0.866. The number of rotatable bonds is 3. The van der Waals surface area contributed by atoms with Gasteiger partial charge >= 0.3 is 0 Å². The molecule has 1 heterocycles. The Bertz CT molecular complexity index is 529. The van der Waals surface area contributed by atoms with Crippen molar-refractivity contribution < 1.29 is 4.79 Å². The molecule has 0 aliphatic rings. The predicted octanol–water partition coefficient (Wildman–Crippen LogP) is 3.00. The Labute approximate surface area is 105 Å². The maximum atomic E-state index is 10.8. The van der Waals surface area contributed by atoms with E-state index < -0.39 is 0 Å². The molecule has 0 saturated heterocycles. The van der Waals surface area contributed by atoms with Gasteiger partial charge in [0.15, 0.2) is 6.29 Å². The Balaban J connectivity index is 2.36. The minimum Gasteiger partial charge on any atom is -0.378 e. The lowest BCUT2D eigenvalue weighted by molar-refractivity contribution is 0.112. The number of benzene rings is 1. The van der Waals surface area contributed by atoms with Crippen LogP contribution in [-0.4, -0.2) is 25.4 Å². The molecule has 2 aromatic rings. The smallest absolute Gasteiger partial charge is 0.161 e. The van der Waals surface area contributed by atoms with Crippen LogP contribution >= 0.6 is 11.3 Å². The predicted molar refractivity (Wildman–Crippen MR) is 72.0 cm³/mol. The van der Waals surface area contributed by atoms with Gasteiger partial charge in [0.1, 0.15) is 5.01 Å². The summed E-state index contributed by atoms with van der Waals surface area (Å²) in [7, 11) is 4.01. The van der Waals surface area contributed by atoms with Crippen molar-refractivity contribution in [1.82, 2.24) is 4.98 Å². The summed E-state index contributed by atoms with van der Waals surface area (Å²) in [5.74, 6) is 0. The first kappa shape index (κ1) is 11.8. The second-order valence-corrected chi connectivity index (χ2v) is 5.06. The van der Waals surface area contributed by atoms with Crippen molar-refractivity contribution in [1.29, 1.82) is 0 Å². The molecule has 0 radical (unpaired) electrons. The Morgan fingerprint density at radius 3 is 2.35 bits per heavy atom. The molecule has 0 amide bonds. The van der Waals surface area contributed by atoms with E-state index in [4.69, 9.17) is 0 Å². The van der Waals surface area contributed by atoms with Crippen molar-refractivity contribution in [3.05, 3.63) is 34.8 Å². The molecule has 0 spiro atoms. The van der Waals surface area contributed by atoms with E-state index in [1.54, 1.807) is 0 Å². The standard InChI is InChI=1S/C13H14N2OS/c1-9-12(8-16)17-13(14-9)10-4-6-11(7-5-10)15(2)3/h4-8H,1-3H3. The molecule has 3 nitrogen and oxygen atoms in total. The van der Waals surface area contributed by atoms with Crippen molar-refractivity contribution in [3.63, 3.8) is 0 Å². The van der Waals surface area contributed by atoms with Gasteiger partial charge in [-0.3, -0.25) is 4.79 Å². The monoisotopic (exact) mass is 246 g/mol. The van der Waals surface area contributed by atoms with Crippen LogP contribution < -0.4 is 4.90 Å². The normalized spacial score (nSPS) is 10.3. The van der Waals surface area contributed by atoms with E-state index >= 15 is 0 Å². The molecule has 0 bridgehead atoms. The molecule has 1 aromatic carbocycles. The summed E-state index contributed by atoms with van der Waals surface area (Å²) >= 11 is 1.43. The van der Waals surface area contributed by atoms with Gasteiger partial charge in [0, 0.05) is 25.3 Å². The van der Waals surface area contributed by atoms with E-state index in [1.165, 1.54) is 11.3 Å². The van der Waals surface area contributed by atoms with E-state index in [0.29, 0.717) is 4.88 Å². The average Bonchev–Trinajstić information content (AvgIpc) is 2.70. The van der Waals surface area contributed by atoms with Gasteiger partial charge < -0.3 is 4.90 Å². The van der Waals surface area contributed by atoms with Gasteiger partial charge in [0.05, 0.1) is 10.6 Å². The molecule has 1 aromatic heterocycles. The Kier molecular flexibility index (Phi) is 3.24. The highest BCUT2D eigenvalue weighted by molar-refractivity contribution is 7.16. The first-order valence-electron chi connectivity index (χ1n) is 5.32. The van der Waals surface area contributed by atoms with E-state index in [-0.39, 0.29) is 0 Å². The zero-order valence-corrected chi connectivity index (χ0v) is 10.9. The van der Waals surface area contributed by atoms with Crippen LogP contribution in [0.1, 0.15) is 15.4 Å². The number of carbonyl (C=O) groups excluding carboxylic acids is 1. The molecular formula is C13H14N2OS. The molecule has 0 aliphatic carbocycles. The molecule has 0 unspecified atom stereocenters. The van der Waals surface area contributed by atoms with Crippen LogP contribution in [0.15, 0.2) is 24.3 Å². The van der Waals surface area contributed by atoms with Crippen molar-refractivity contribution in [2.24, 2.45) is 0 Å². The summed E-state index contributed by atoms with van der Waals surface area (Å²) in [5, 5.41) is 0.898. The number of thiazole rings is 1. The van der Waals surface area contributed by atoms with Gasteiger partial charge in [-0.15, -0.1) is 11.3 Å². The number of aryl methyl sites for hydroxylation is 1. The molecule has 0 saturated carbocycles. The van der Waals surface area contributed by atoms with E-state index in [0.717, 1.165) is 28.2 Å². The summed E-state index contributed by atoms with van der Waals surface area (Å²) < 4.78 is 0. The summed E-state index contributed by atoms with van der Waals surface area (Å²) in [6.45, 7) is 1.86. The van der Waals surface area contributed by atoms with Crippen molar-refractivity contribution in [3.8, 4) is 10.6 Å². The lowest BCUT2D eigenvalue weighted by Gasteiger charge is -2.11. The van der Waals surface area contributed by atoms with Crippen LogP contribution in [0.4, 0.5) is 5.69 Å². The zero-order valence-electron chi connectivity index (χ0n) is 10.1. The van der Waals surface area contributed by atoms with Crippen LogP contribution in [0, 0.1) is 6.92 Å². The summed E-state index contributed by atoms with van der Waals surface area (Å²) in [6, 6.07) is 8.16. The van der Waals surface area contributed by atoms with Gasteiger partial charge in [-0.1, -0.05) is 0 Å². The molecule has 0 aliphatic heterocycles. The SMILES string of the molecule is Cc1nc(-c2ccc(N(C)C)cc2)sc1C=O. The highest BCUT2D eigenvalue weighted by atomic mass is 32.1. The minimum atomic E-state index is 0.705. The summed E-state index contributed by atoms with van der Waals surface area (Å²) in [5.41, 5.74) is 3.01. The molecule has 17 heavy (non-hydrogen) atoms. The van der Waals surface area contributed by atoms with Crippen molar-refractivity contribution in [2.75, 3.05) is 19.0 Å². The number of hydrogen-bond acceptors (Lipinski definition) is 4. The van der Waals surface area contributed by atoms with Gasteiger partial charge in [-0.05, 0) is 31.2 Å². The van der Waals surface area contributed by atoms with Crippen LogP contribution in [0.3, 0.4) is 0 Å². The summed E-state index contributed by atoms with van der Waals surface area (Å²) in [4.78, 5) is 17.9. The van der Waals surface area contributed by atoms with Crippen molar-refractivity contribution >= 4 is 23.3 Å². The van der Waals surface area contributed by atoms with Crippen LogP contribution in [-0.2, 0) is 0 Å². The quantitative estimate of drug-likeness (QED) is 0.781. The first-order valence-corrected chi connectivity index (χ1v) is 6.14. The van der Waals surface area contributed by atoms with Gasteiger partial charge in [0.2, 0.25) is 0 Å². The third-order valence-electron chi connectivity index (χ3n) is 2.57. The number of aromatic nitrogens is 1. The van der Waals surface area contributed by atoms with Gasteiger partial charge in [-0.25, -0.2) is 4.98 Å². The highest BCUT2D eigenvalue weighted by Crippen LogP contribution is 2.28. The Morgan fingerprint density at radius 2 is 1.88 bits per heavy atom. The van der Waals surface area contributed by atoms with Crippen LogP contribution in [0.25, 0.3) is 10.6 Å². The number of hydrogen-bond donors (Lipinski definition) is 0. The third-order valence-corrected chi connectivity index (χ3v) is 3.70. The molecule has 0 N–H and O–H groups in total. The second-order valence-electron chi connectivity index (χ2n) is 4.03.